The van der Waals surface area contributed by atoms with Crippen LogP contribution < -0.4 is 5.32 Å². The molecule has 17 heavy (non-hydrogen) atoms. The second-order valence-corrected chi connectivity index (χ2v) is 6.03. The number of nitrogens with zero attached hydrogens (tertiary/aromatic N) is 2. The number of rotatable bonds is 2. The number of pyridine rings is 1. The van der Waals surface area contributed by atoms with Gasteiger partial charge in [0.15, 0.2) is 5.17 Å². The Morgan fingerprint density at radius 3 is 2.94 bits per heavy atom. The van der Waals surface area contributed by atoms with Gasteiger partial charge in [-0.2, -0.15) is 0 Å². The first-order valence-electron chi connectivity index (χ1n) is 6.06. The van der Waals surface area contributed by atoms with E-state index in [1.807, 2.05) is 24.0 Å². The number of nitrogens with one attached hydrogen (secondary N) is 1. The fraction of sp³-hybridized carbons (Fsp3) is 0.538. The second kappa shape index (κ2) is 5.54. The third-order valence-electron chi connectivity index (χ3n) is 2.85. The van der Waals surface area contributed by atoms with Crippen molar-refractivity contribution < 1.29 is 0 Å². The molecule has 0 fully saturated rings. The minimum Gasteiger partial charge on any atom is -0.358 e. The van der Waals surface area contributed by atoms with Crippen LogP contribution in [0.15, 0.2) is 29.5 Å². The number of hydrogen-bond acceptors (Lipinski definition) is 4. The lowest BCUT2D eigenvalue weighted by Gasteiger charge is -2.25. The molecule has 3 unspecified atom stereocenters. The minimum absolute atomic E-state index is 0.257. The number of aliphatic imine (C=N–C) groups is 1. The molecule has 1 aromatic rings. The Labute approximate surface area is 107 Å². The van der Waals surface area contributed by atoms with Crippen LogP contribution in [0.25, 0.3) is 0 Å². The summed E-state index contributed by atoms with van der Waals surface area (Å²) < 4.78 is 0. The van der Waals surface area contributed by atoms with E-state index in [9.17, 15) is 0 Å². The van der Waals surface area contributed by atoms with Crippen LogP contribution in [0.2, 0.25) is 0 Å². The smallest absolute Gasteiger partial charge is 0.157 e. The largest absolute Gasteiger partial charge is 0.358 e. The Kier molecular flexibility index (Phi) is 4.05. The highest BCUT2D eigenvalue weighted by atomic mass is 32.2. The van der Waals surface area contributed by atoms with Crippen molar-refractivity contribution in [1.82, 2.24) is 10.3 Å². The maximum absolute atomic E-state index is 4.65. The molecule has 0 radical (unpaired) electrons. The summed E-state index contributed by atoms with van der Waals surface area (Å²) in [7, 11) is 0. The number of aromatic nitrogens is 1. The van der Waals surface area contributed by atoms with Gasteiger partial charge in [0.25, 0.3) is 0 Å². The summed E-state index contributed by atoms with van der Waals surface area (Å²) in [6.45, 7) is 6.57. The Hall–Kier alpha value is -1.03. The Balaban J connectivity index is 2.02. The molecule has 0 bridgehead atoms. The average molecular weight is 249 g/mol. The zero-order chi connectivity index (χ0) is 12.3. The lowest BCUT2D eigenvalue weighted by molar-refractivity contribution is 0.643. The van der Waals surface area contributed by atoms with Gasteiger partial charge >= 0.3 is 0 Å². The van der Waals surface area contributed by atoms with E-state index in [1.165, 1.54) is 5.56 Å². The monoisotopic (exact) mass is 249 g/mol. The molecule has 0 saturated carbocycles. The first-order chi connectivity index (χ1) is 8.15. The van der Waals surface area contributed by atoms with Gasteiger partial charge in [-0.05, 0) is 31.9 Å². The summed E-state index contributed by atoms with van der Waals surface area (Å²) >= 11 is 1.83. The third kappa shape index (κ3) is 3.46. The maximum Gasteiger partial charge on any atom is 0.157 e. The zero-order valence-electron chi connectivity index (χ0n) is 10.6. The topological polar surface area (TPSA) is 37.3 Å². The van der Waals surface area contributed by atoms with Crippen molar-refractivity contribution in [3.8, 4) is 0 Å². The molecule has 2 heterocycles. The molecular weight excluding hydrogens is 230 g/mol. The molecule has 4 heteroatoms. The van der Waals surface area contributed by atoms with E-state index in [0.29, 0.717) is 11.3 Å². The quantitative estimate of drug-likeness (QED) is 0.875. The maximum atomic E-state index is 4.65. The second-order valence-electron chi connectivity index (χ2n) is 4.60. The fourth-order valence-electron chi connectivity index (χ4n) is 1.97. The van der Waals surface area contributed by atoms with Crippen LogP contribution in [-0.2, 0) is 0 Å². The summed E-state index contributed by atoms with van der Waals surface area (Å²) in [4.78, 5) is 8.79. The van der Waals surface area contributed by atoms with Crippen molar-refractivity contribution in [3.05, 3.63) is 30.1 Å². The predicted octanol–water partition coefficient (Wildman–Crippen LogP) is 3.00. The van der Waals surface area contributed by atoms with E-state index in [-0.39, 0.29) is 6.04 Å². The highest BCUT2D eigenvalue weighted by Crippen LogP contribution is 2.25. The highest BCUT2D eigenvalue weighted by molar-refractivity contribution is 8.14. The number of thioether (sulfide) groups is 1. The van der Waals surface area contributed by atoms with Crippen molar-refractivity contribution in [2.24, 2.45) is 4.99 Å². The van der Waals surface area contributed by atoms with Crippen molar-refractivity contribution >= 4 is 16.9 Å². The van der Waals surface area contributed by atoms with Gasteiger partial charge in [-0.15, -0.1) is 0 Å². The van der Waals surface area contributed by atoms with Gasteiger partial charge in [0.1, 0.15) is 0 Å². The van der Waals surface area contributed by atoms with Gasteiger partial charge in [-0.25, -0.2) is 0 Å². The summed E-state index contributed by atoms with van der Waals surface area (Å²) in [6.07, 6.45) is 4.86. The predicted molar refractivity (Wildman–Crippen MR) is 74.4 cm³/mol. The van der Waals surface area contributed by atoms with Crippen LogP contribution in [0.1, 0.15) is 38.8 Å². The van der Waals surface area contributed by atoms with Crippen LogP contribution in [0.5, 0.6) is 0 Å². The molecule has 0 aromatic carbocycles. The fourth-order valence-corrected chi connectivity index (χ4v) is 3.22. The average Bonchev–Trinajstić information content (AvgIpc) is 2.28. The lowest BCUT2D eigenvalue weighted by atomic mass is 10.1. The van der Waals surface area contributed by atoms with Crippen LogP contribution >= 0.6 is 11.8 Å². The number of hydrogen-bond donors (Lipinski definition) is 1. The zero-order valence-corrected chi connectivity index (χ0v) is 11.4. The summed E-state index contributed by atoms with van der Waals surface area (Å²) in [5.41, 5.74) is 1.20. The molecule has 2 rings (SSSR count). The summed E-state index contributed by atoms with van der Waals surface area (Å²) in [5.74, 6) is 0. The Morgan fingerprint density at radius 1 is 1.47 bits per heavy atom. The van der Waals surface area contributed by atoms with E-state index >= 15 is 0 Å². The van der Waals surface area contributed by atoms with E-state index in [0.717, 1.165) is 11.6 Å². The van der Waals surface area contributed by atoms with Crippen molar-refractivity contribution in [1.29, 1.82) is 0 Å². The van der Waals surface area contributed by atoms with Crippen LogP contribution in [-0.4, -0.2) is 21.4 Å². The lowest BCUT2D eigenvalue weighted by Crippen LogP contribution is -2.30. The molecule has 3 atom stereocenters. The van der Waals surface area contributed by atoms with E-state index in [4.69, 9.17) is 0 Å². The van der Waals surface area contributed by atoms with Gasteiger partial charge in [0.05, 0.1) is 12.1 Å². The van der Waals surface area contributed by atoms with Crippen LogP contribution in [0, 0.1) is 0 Å². The first-order valence-corrected chi connectivity index (χ1v) is 6.94. The van der Waals surface area contributed by atoms with Crippen molar-refractivity contribution in [3.63, 3.8) is 0 Å². The molecule has 3 nitrogen and oxygen atoms in total. The summed E-state index contributed by atoms with van der Waals surface area (Å²) in [6, 6.07) is 4.74. The minimum atomic E-state index is 0.257. The first kappa shape index (κ1) is 12.4. The molecule has 1 N–H and O–H groups in total. The molecule has 0 aliphatic carbocycles. The third-order valence-corrected chi connectivity index (χ3v) is 3.89. The number of amidine groups is 1. The van der Waals surface area contributed by atoms with Crippen LogP contribution in [0.3, 0.4) is 0 Å². The Bertz CT molecular complexity index is 391. The highest BCUT2D eigenvalue weighted by Gasteiger charge is 2.19. The van der Waals surface area contributed by atoms with Crippen molar-refractivity contribution in [2.75, 3.05) is 0 Å². The van der Waals surface area contributed by atoms with E-state index < -0.39 is 0 Å². The molecule has 92 valence electrons. The molecule has 0 spiro atoms. The van der Waals surface area contributed by atoms with Crippen molar-refractivity contribution in [2.45, 2.75) is 44.5 Å². The molecule has 1 aromatic heterocycles. The van der Waals surface area contributed by atoms with Gasteiger partial charge in [-0.3, -0.25) is 9.98 Å². The molecular formula is C13H19N3S. The van der Waals surface area contributed by atoms with Gasteiger partial charge in [0, 0.05) is 17.6 Å². The molecule has 1 aliphatic rings. The van der Waals surface area contributed by atoms with Crippen LogP contribution in [0.4, 0.5) is 0 Å². The van der Waals surface area contributed by atoms with Gasteiger partial charge in [-0.1, -0.05) is 24.8 Å². The van der Waals surface area contributed by atoms with Gasteiger partial charge in [0.2, 0.25) is 0 Å². The summed E-state index contributed by atoms with van der Waals surface area (Å²) in [5, 5.41) is 5.18. The SMILES string of the molecule is CC1CC(C)SC(NC(C)c2cccnc2)=N1. The van der Waals surface area contributed by atoms with Gasteiger partial charge < -0.3 is 5.32 Å². The normalized spacial score (nSPS) is 26.2. The van der Waals surface area contributed by atoms with E-state index in [2.05, 4.69) is 42.1 Å². The molecule has 0 saturated heterocycles. The Morgan fingerprint density at radius 2 is 2.29 bits per heavy atom. The standard InChI is InChI=1S/C13H19N3S/c1-9-7-10(2)17-13(15-9)16-11(3)12-5-4-6-14-8-12/h4-6,8-11H,7H2,1-3H3,(H,15,16). The molecule has 1 aliphatic heterocycles. The molecule has 0 amide bonds. The van der Waals surface area contributed by atoms with E-state index in [1.54, 1.807) is 6.20 Å².